The Hall–Kier alpha value is -2.42. The lowest BCUT2D eigenvalue weighted by Crippen LogP contribution is -2.53. The molecule has 0 bridgehead atoms. The van der Waals surface area contributed by atoms with Gasteiger partial charge >= 0.3 is 0 Å². The molecule has 4 rings (SSSR count). The van der Waals surface area contributed by atoms with Crippen LogP contribution in [0.2, 0.25) is 0 Å². The van der Waals surface area contributed by atoms with Crippen LogP contribution in [0.15, 0.2) is 52.2 Å². The molecule has 0 spiro atoms. The molecule has 1 aromatic heterocycles. The number of nitrogens with zero attached hydrogens (tertiary/aromatic N) is 5. The van der Waals surface area contributed by atoms with Gasteiger partial charge in [-0.2, -0.15) is 0 Å². The Balaban J connectivity index is 1.33. The first-order chi connectivity index (χ1) is 14.8. The average Bonchev–Trinajstić information content (AvgIpc) is 3.32. The van der Waals surface area contributed by atoms with Gasteiger partial charge in [-0.15, -0.1) is 0 Å². The SMILES string of the molecule is CN=C(NCC(c1ccccc1)N1CCOCC1)N1CCN(Cc2ccon2)CC1. The van der Waals surface area contributed by atoms with Crippen LogP contribution < -0.4 is 5.32 Å². The summed E-state index contributed by atoms with van der Waals surface area (Å²) in [5.74, 6) is 0.977. The summed E-state index contributed by atoms with van der Waals surface area (Å²) in [4.78, 5) is 11.8. The number of morpholine rings is 1. The number of hydrogen-bond donors (Lipinski definition) is 1. The number of piperazine rings is 1. The van der Waals surface area contributed by atoms with Crippen LogP contribution in [0, 0.1) is 0 Å². The van der Waals surface area contributed by atoms with E-state index < -0.39 is 0 Å². The topological polar surface area (TPSA) is 69.4 Å². The summed E-state index contributed by atoms with van der Waals surface area (Å²) < 4.78 is 10.5. The van der Waals surface area contributed by atoms with Crippen molar-refractivity contribution in [2.24, 2.45) is 4.99 Å². The maximum atomic E-state index is 5.57. The van der Waals surface area contributed by atoms with Crippen molar-refractivity contribution in [1.82, 2.24) is 25.2 Å². The Labute approximate surface area is 178 Å². The first-order valence-electron chi connectivity index (χ1n) is 10.8. The minimum atomic E-state index is 0.306. The predicted molar refractivity (Wildman–Crippen MR) is 116 cm³/mol. The predicted octanol–water partition coefficient (Wildman–Crippen LogP) is 1.44. The number of aromatic nitrogens is 1. The molecule has 2 aliphatic rings. The lowest BCUT2D eigenvalue weighted by atomic mass is 10.0. The fourth-order valence-electron chi connectivity index (χ4n) is 4.21. The maximum Gasteiger partial charge on any atom is 0.193 e. The van der Waals surface area contributed by atoms with Gasteiger partial charge in [-0.3, -0.25) is 14.8 Å². The first kappa shape index (κ1) is 20.8. The highest BCUT2D eigenvalue weighted by atomic mass is 16.5. The molecular formula is C22H32N6O2. The Bertz CT molecular complexity index is 768. The quantitative estimate of drug-likeness (QED) is 0.569. The Morgan fingerprint density at radius 3 is 2.50 bits per heavy atom. The fourth-order valence-corrected chi connectivity index (χ4v) is 4.21. The van der Waals surface area contributed by atoms with Crippen LogP contribution in [-0.2, 0) is 11.3 Å². The van der Waals surface area contributed by atoms with Crippen molar-refractivity contribution >= 4 is 5.96 Å². The van der Waals surface area contributed by atoms with Crippen LogP contribution in [0.3, 0.4) is 0 Å². The lowest BCUT2D eigenvalue weighted by molar-refractivity contribution is 0.0168. The second kappa shape index (κ2) is 10.6. The van der Waals surface area contributed by atoms with Crippen LogP contribution >= 0.6 is 0 Å². The molecule has 1 atom stereocenters. The van der Waals surface area contributed by atoms with Crippen molar-refractivity contribution in [2.75, 3.05) is 66.1 Å². The van der Waals surface area contributed by atoms with E-state index in [1.165, 1.54) is 5.56 Å². The fraction of sp³-hybridized carbons (Fsp3) is 0.545. The van der Waals surface area contributed by atoms with Gasteiger partial charge in [0.25, 0.3) is 0 Å². The van der Waals surface area contributed by atoms with Crippen molar-refractivity contribution < 1.29 is 9.26 Å². The number of guanidine groups is 1. The summed E-state index contributed by atoms with van der Waals surface area (Å²) in [6.07, 6.45) is 1.63. The molecule has 0 amide bonds. The van der Waals surface area contributed by atoms with Gasteiger partial charge in [0, 0.05) is 65.5 Å². The van der Waals surface area contributed by atoms with Crippen molar-refractivity contribution in [2.45, 2.75) is 12.6 Å². The standard InChI is InChI=1S/C22H32N6O2/c1-23-22(28-10-8-26(9-11-28)18-20-7-14-30-25-20)24-17-21(19-5-3-2-4-6-19)27-12-15-29-16-13-27/h2-7,14,21H,8-13,15-18H2,1H3,(H,23,24). The summed E-state index contributed by atoms with van der Waals surface area (Å²) >= 11 is 0. The van der Waals surface area contributed by atoms with Crippen LogP contribution in [0.4, 0.5) is 0 Å². The molecule has 2 fully saturated rings. The van der Waals surface area contributed by atoms with E-state index in [1.54, 1.807) is 6.26 Å². The normalized spacial score (nSPS) is 20.3. The van der Waals surface area contributed by atoms with Crippen LogP contribution in [0.25, 0.3) is 0 Å². The molecule has 1 aromatic carbocycles. The van der Waals surface area contributed by atoms with Gasteiger partial charge in [-0.05, 0) is 5.56 Å². The molecule has 162 valence electrons. The van der Waals surface area contributed by atoms with Crippen molar-refractivity contribution in [3.63, 3.8) is 0 Å². The second-order valence-electron chi connectivity index (χ2n) is 7.76. The highest BCUT2D eigenvalue weighted by Gasteiger charge is 2.25. The van der Waals surface area contributed by atoms with E-state index in [0.29, 0.717) is 6.04 Å². The molecule has 2 aliphatic heterocycles. The zero-order valence-corrected chi connectivity index (χ0v) is 17.7. The van der Waals surface area contributed by atoms with Gasteiger partial charge < -0.3 is 19.5 Å². The number of hydrogen-bond acceptors (Lipinski definition) is 6. The highest BCUT2D eigenvalue weighted by molar-refractivity contribution is 5.80. The first-order valence-corrected chi connectivity index (χ1v) is 10.8. The summed E-state index contributed by atoms with van der Waals surface area (Å²) in [6, 6.07) is 13.0. The molecule has 1 N–H and O–H groups in total. The van der Waals surface area contributed by atoms with E-state index in [0.717, 1.165) is 77.2 Å². The van der Waals surface area contributed by atoms with E-state index >= 15 is 0 Å². The van der Waals surface area contributed by atoms with E-state index in [1.807, 2.05) is 13.1 Å². The number of aliphatic imine (C=N–C) groups is 1. The lowest BCUT2D eigenvalue weighted by Gasteiger charge is -2.38. The second-order valence-corrected chi connectivity index (χ2v) is 7.76. The third kappa shape index (κ3) is 5.38. The molecule has 2 aromatic rings. The monoisotopic (exact) mass is 412 g/mol. The maximum absolute atomic E-state index is 5.57. The number of ether oxygens (including phenoxy) is 1. The molecule has 0 aliphatic carbocycles. The van der Waals surface area contributed by atoms with Gasteiger partial charge in [-0.25, -0.2) is 0 Å². The Morgan fingerprint density at radius 1 is 1.07 bits per heavy atom. The number of nitrogens with one attached hydrogen (secondary N) is 1. The Morgan fingerprint density at radius 2 is 1.83 bits per heavy atom. The molecule has 8 nitrogen and oxygen atoms in total. The van der Waals surface area contributed by atoms with Crippen LogP contribution in [0.1, 0.15) is 17.3 Å². The minimum absolute atomic E-state index is 0.306. The van der Waals surface area contributed by atoms with Crippen molar-refractivity contribution in [3.8, 4) is 0 Å². The third-order valence-corrected chi connectivity index (χ3v) is 5.88. The number of benzene rings is 1. The van der Waals surface area contributed by atoms with Crippen molar-refractivity contribution in [1.29, 1.82) is 0 Å². The van der Waals surface area contributed by atoms with Gasteiger partial charge in [-0.1, -0.05) is 35.5 Å². The molecule has 2 saturated heterocycles. The number of rotatable bonds is 6. The zero-order chi connectivity index (χ0) is 20.6. The molecule has 3 heterocycles. The van der Waals surface area contributed by atoms with Gasteiger partial charge in [0.15, 0.2) is 5.96 Å². The van der Waals surface area contributed by atoms with E-state index in [9.17, 15) is 0 Å². The average molecular weight is 413 g/mol. The molecule has 0 radical (unpaired) electrons. The minimum Gasteiger partial charge on any atom is -0.379 e. The summed E-state index contributed by atoms with van der Waals surface area (Å²) in [7, 11) is 1.87. The molecule has 0 saturated carbocycles. The smallest absolute Gasteiger partial charge is 0.193 e. The van der Waals surface area contributed by atoms with E-state index in [4.69, 9.17) is 9.26 Å². The molecule has 30 heavy (non-hydrogen) atoms. The van der Waals surface area contributed by atoms with Gasteiger partial charge in [0.1, 0.15) is 6.26 Å². The van der Waals surface area contributed by atoms with Gasteiger partial charge in [0.2, 0.25) is 0 Å². The van der Waals surface area contributed by atoms with Gasteiger partial charge in [0.05, 0.1) is 24.9 Å². The third-order valence-electron chi connectivity index (χ3n) is 5.88. The summed E-state index contributed by atoms with van der Waals surface area (Å²) in [5, 5.41) is 7.67. The van der Waals surface area contributed by atoms with E-state index in [2.05, 4.69) is 60.5 Å². The largest absolute Gasteiger partial charge is 0.379 e. The van der Waals surface area contributed by atoms with Crippen LogP contribution in [-0.4, -0.2) is 91.9 Å². The summed E-state index contributed by atoms with van der Waals surface area (Å²) in [6.45, 7) is 9.05. The highest BCUT2D eigenvalue weighted by Crippen LogP contribution is 2.21. The van der Waals surface area contributed by atoms with E-state index in [-0.39, 0.29) is 0 Å². The molecule has 1 unspecified atom stereocenters. The van der Waals surface area contributed by atoms with Crippen LogP contribution in [0.5, 0.6) is 0 Å². The zero-order valence-electron chi connectivity index (χ0n) is 17.7. The Kier molecular flexibility index (Phi) is 7.34. The molecular weight excluding hydrogens is 380 g/mol. The molecule has 8 heteroatoms. The van der Waals surface area contributed by atoms with Crippen molar-refractivity contribution in [3.05, 3.63) is 53.9 Å². The summed E-state index contributed by atoms with van der Waals surface area (Å²) in [5.41, 5.74) is 2.32.